The van der Waals surface area contributed by atoms with E-state index in [2.05, 4.69) is 54.3 Å². The van der Waals surface area contributed by atoms with E-state index in [1.165, 1.54) is 23.1 Å². The average Bonchev–Trinajstić information content (AvgIpc) is 2.95. The molecule has 0 saturated carbocycles. The summed E-state index contributed by atoms with van der Waals surface area (Å²) in [6.45, 7) is 0.828. The third kappa shape index (κ3) is 3.02. The van der Waals surface area contributed by atoms with Crippen molar-refractivity contribution >= 4 is 0 Å². The highest BCUT2D eigenvalue weighted by Crippen LogP contribution is 2.28. The molecule has 0 bridgehead atoms. The van der Waals surface area contributed by atoms with Crippen molar-refractivity contribution < 1.29 is 10.5 Å². The second-order valence-corrected chi connectivity index (χ2v) is 5.54. The normalized spacial score (nSPS) is 14.7. The highest BCUT2D eigenvalue weighted by Gasteiger charge is 2.16. The van der Waals surface area contributed by atoms with Gasteiger partial charge in [-0.1, -0.05) is 30.3 Å². The van der Waals surface area contributed by atoms with Crippen LogP contribution in [0.25, 0.3) is 0 Å². The average molecular weight is 268 g/mol. The van der Waals surface area contributed by atoms with Crippen molar-refractivity contribution in [1.82, 2.24) is 0 Å². The van der Waals surface area contributed by atoms with E-state index < -0.39 is 0 Å². The van der Waals surface area contributed by atoms with Gasteiger partial charge < -0.3 is 10.5 Å². The monoisotopic (exact) mass is 268 g/mol. The molecule has 2 aromatic carbocycles. The maximum Gasteiger partial charge on any atom is 0.122 e. The zero-order valence-electron chi connectivity index (χ0n) is 11.8. The van der Waals surface area contributed by atoms with Crippen molar-refractivity contribution in [2.45, 2.75) is 31.7 Å². The lowest BCUT2D eigenvalue weighted by Crippen LogP contribution is -2.53. The Morgan fingerprint density at radius 1 is 1.10 bits per heavy atom. The van der Waals surface area contributed by atoms with E-state index in [4.69, 9.17) is 4.74 Å². The summed E-state index contributed by atoms with van der Waals surface area (Å²) in [6.07, 6.45) is 4.50. The number of benzene rings is 2. The van der Waals surface area contributed by atoms with Crippen LogP contribution in [-0.2, 0) is 12.8 Å². The first-order valence-electron chi connectivity index (χ1n) is 7.45. The Bertz CT molecular complexity index is 565. The molecule has 0 unspecified atom stereocenters. The van der Waals surface area contributed by atoms with Crippen molar-refractivity contribution in [3.05, 3.63) is 65.2 Å². The number of aryl methyl sites for hydroxylation is 1. The van der Waals surface area contributed by atoms with Crippen LogP contribution < -0.4 is 10.5 Å². The summed E-state index contributed by atoms with van der Waals surface area (Å²) in [6, 6.07) is 17.6. The summed E-state index contributed by atoms with van der Waals surface area (Å²) in [5.41, 5.74) is 8.44. The number of fused-ring (bicyclic) bond motifs is 1. The van der Waals surface area contributed by atoms with Crippen LogP contribution in [0.3, 0.4) is 0 Å². The van der Waals surface area contributed by atoms with Gasteiger partial charge >= 0.3 is 0 Å². The molecule has 0 fully saturated rings. The molecular formula is C18H22NO+. The molecule has 20 heavy (non-hydrogen) atoms. The van der Waals surface area contributed by atoms with Gasteiger partial charge in [0.05, 0.1) is 6.61 Å². The summed E-state index contributed by atoms with van der Waals surface area (Å²) in [7, 11) is 0. The van der Waals surface area contributed by atoms with Crippen LogP contribution in [0.1, 0.15) is 35.6 Å². The summed E-state index contributed by atoms with van der Waals surface area (Å²) in [5.74, 6) is 1.06. The maximum absolute atomic E-state index is 5.55. The zero-order valence-corrected chi connectivity index (χ0v) is 11.8. The van der Waals surface area contributed by atoms with Crippen LogP contribution in [0.4, 0.5) is 0 Å². The zero-order chi connectivity index (χ0) is 13.8. The van der Waals surface area contributed by atoms with Crippen LogP contribution in [0, 0.1) is 0 Å². The van der Waals surface area contributed by atoms with E-state index in [1.807, 2.05) is 0 Å². The van der Waals surface area contributed by atoms with Crippen molar-refractivity contribution in [2.75, 3.05) is 6.61 Å². The van der Waals surface area contributed by atoms with Gasteiger partial charge in [0, 0.05) is 18.4 Å². The second-order valence-electron chi connectivity index (χ2n) is 5.54. The fraction of sp³-hybridized carbons (Fsp3) is 0.333. The fourth-order valence-corrected chi connectivity index (χ4v) is 2.82. The van der Waals surface area contributed by atoms with Gasteiger partial charge in [0.1, 0.15) is 11.8 Å². The summed E-state index contributed by atoms with van der Waals surface area (Å²) >= 11 is 0. The van der Waals surface area contributed by atoms with E-state index in [1.54, 1.807) is 0 Å². The first-order chi connectivity index (χ1) is 9.83. The molecule has 0 saturated heterocycles. The number of hydrogen-bond donors (Lipinski definition) is 1. The topological polar surface area (TPSA) is 36.9 Å². The molecule has 0 amide bonds. The summed E-state index contributed by atoms with van der Waals surface area (Å²) in [4.78, 5) is 0. The molecular weight excluding hydrogens is 246 g/mol. The molecule has 0 spiro atoms. The van der Waals surface area contributed by atoms with Gasteiger partial charge in [0.2, 0.25) is 0 Å². The van der Waals surface area contributed by atoms with E-state index in [9.17, 15) is 0 Å². The Balaban J connectivity index is 1.55. The van der Waals surface area contributed by atoms with E-state index in [0.29, 0.717) is 6.04 Å². The third-order valence-corrected chi connectivity index (χ3v) is 4.05. The standard InChI is InChI=1S/C18H21NO/c19-17(8-4-7-14-5-2-1-3-6-14)15-9-10-18-16(13-15)11-12-20-18/h1-3,5-6,9-10,13,17H,4,7-8,11-12,19H2/p+1/t17-/m0/s1. The number of ether oxygens (including phenoxy) is 1. The minimum atomic E-state index is 0.379. The summed E-state index contributed by atoms with van der Waals surface area (Å²) in [5, 5.41) is 0. The molecule has 0 radical (unpaired) electrons. The third-order valence-electron chi connectivity index (χ3n) is 4.05. The van der Waals surface area contributed by atoms with Crippen LogP contribution in [0.2, 0.25) is 0 Å². The van der Waals surface area contributed by atoms with Gasteiger partial charge in [-0.25, -0.2) is 0 Å². The second kappa shape index (κ2) is 6.10. The van der Waals surface area contributed by atoms with Crippen LogP contribution >= 0.6 is 0 Å². The molecule has 0 aliphatic carbocycles. The van der Waals surface area contributed by atoms with Gasteiger partial charge in [-0.05, 0) is 42.2 Å². The molecule has 1 aliphatic heterocycles. The van der Waals surface area contributed by atoms with E-state index in [0.717, 1.165) is 31.6 Å². The Kier molecular flexibility index (Phi) is 4.03. The van der Waals surface area contributed by atoms with Crippen molar-refractivity contribution in [3.63, 3.8) is 0 Å². The van der Waals surface area contributed by atoms with Crippen LogP contribution in [0.5, 0.6) is 5.75 Å². The van der Waals surface area contributed by atoms with Crippen molar-refractivity contribution in [3.8, 4) is 5.75 Å². The highest BCUT2D eigenvalue weighted by molar-refractivity contribution is 5.40. The number of quaternary nitrogens is 1. The first kappa shape index (κ1) is 13.2. The molecule has 3 rings (SSSR count). The molecule has 1 aliphatic rings. The Morgan fingerprint density at radius 3 is 2.80 bits per heavy atom. The van der Waals surface area contributed by atoms with Gasteiger partial charge in [-0.3, -0.25) is 0 Å². The molecule has 2 nitrogen and oxygen atoms in total. The molecule has 0 aromatic heterocycles. The number of hydrogen-bond acceptors (Lipinski definition) is 1. The summed E-state index contributed by atoms with van der Waals surface area (Å²) < 4.78 is 5.55. The van der Waals surface area contributed by atoms with Gasteiger partial charge in [0.15, 0.2) is 0 Å². The Hall–Kier alpha value is -1.80. The SMILES string of the molecule is [NH3+][C@@H](CCCc1ccccc1)c1ccc2c(c1)CCO2. The molecule has 1 heterocycles. The largest absolute Gasteiger partial charge is 0.493 e. The van der Waals surface area contributed by atoms with Crippen molar-refractivity contribution in [2.24, 2.45) is 0 Å². The molecule has 2 aromatic rings. The van der Waals surface area contributed by atoms with E-state index in [-0.39, 0.29) is 0 Å². The predicted molar refractivity (Wildman–Crippen MR) is 80.7 cm³/mol. The number of rotatable bonds is 5. The lowest BCUT2D eigenvalue weighted by Gasteiger charge is -2.10. The Labute approximate surface area is 120 Å². The maximum atomic E-state index is 5.55. The Morgan fingerprint density at radius 2 is 1.95 bits per heavy atom. The molecule has 3 N–H and O–H groups in total. The van der Waals surface area contributed by atoms with Gasteiger partial charge in [-0.2, -0.15) is 0 Å². The predicted octanol–water partition coefficient (Wildman–Crippen LogP) is 2.93. The first-order valence-corrected chi connectivity index (χ1v) is 7.45. The van der Waals surface area contributed by atoms with Crippen molar-refractivity contribution in [1.29, 1.82) is 0 Å². The van der Waals surface area contributed by atoms with Crippen LogP contribution in [-0.4, -0.2) is 6.61 Å². The minimum absolute atomic E-state index is 0.379. The molecule has 2 heteroatoms. The molecule has 1 atom stereocenters. The van der Waals surface area contributed by atoms with E-state index >= 15 is 0 Å². The highest BCUT2D eigenvalue weighted by atomic mass is 16.5. The lowest BCUT2D eigenvalue weighted by atomic mass is 9.98. The smallest absolute Gasteiger partial charge is 0.122 e. The van der Waals surface area contributed by atoms with Gasteiger partial charge in [-0.15, -0.1) is 0 Å². The molecule has 104 valence electrons. The van der Waals surface area contributed by atoms with Crippen LogP contribution in [0.15, 0.2) is 48.5 Å². The fourth-order valence-electron chi connectivity index (χ4n) is 2.82. The lowest BCUT2D eigenvalue weighted by molar-refractivity contribution is -0.428. The quantitative estimate of drug-likeness (QED) is 0.889. The minimum Gasteiger partial charge on any atom is -0.493 e. The van der Waals surface area contributed by atoms with Gasteiger partial charge in [0.25, 0.3) is 0 Å².